The van der Waals surface area contributed by atoms with E-state index in [0.717, 1.165) is 17.7 Å². The van der Waals surface area contributed by atoms with Crippen molar-refractivity contribution in [2.75, 3.05) is 86.4 Å². The minimum Gasteiger partial charge on any atom is -0.487 e. The molecule has 0 N–H and O–H groups in total. The molecule has 2 rings (SSSR count). The number of benzene rings is 2. The molecule has 0 spiro atoms. The third-order valence-electron chi connectivity index (χ3n) is 5.36. The highest BCUT2D eigenvalue weighted by Gasteiger charge is 2.28. The van der Waals surface area contributed by atoms with E-state index in [4.69, 9.17) is 37.3 Å². The van der Waals surface area contributed by atoms with Crippen molar-refractivity contribution >= 4 is 21.5 Å². The second kappa shape index (κ2) is 19.7. The van der Waals surface area contributed by atoms with Crippen molar-refractivity contribution in [1.82, 2.24) is 0 Å². The topological polar surface area (TPSA) is 194 Å². The maximum Gasteiger partial charge on any atom is 0.350 e. The Kier molecular flexibility index (Phi) is 16.4. The highest BCUT2D eigenvalue weighted by molar-refractivity contribution is 7.86. The van der Waals surface area contributed by atoms with Crippen LogP contribution in [0, 0.1) is 27.2 Å². The molecule has 17 heteroatoms. The Morgan fingerprint density at radius 3 is 1.44 bits per heavy atom. The molecule has 2 aromatic carbocycles. The molecule has 0 aliphatic rings. The largest absolute Gasteiger partial charge is 0.487 e. The van der Waals surface area contributed by atoms with E-state index in [1.165, 1.54) is 12.1 Å². The molecular weight excluding hydrogens is 596 g/mol. The summed E-state index contributed by atoms with van der Waals surface area (Å²) in [5, 5.41) is 22.7. The van der Waals surface area contributed by atoms with Gasteiger partial charge in [-0.2, -0.15) is 8.42 Å². The normalized spacial score (nSPS) is 11.4. The lowest BCUT2D eigenvalue weighted by molar-refractivity contribution is -0.422. The van der Waals surface area contributed by atoms with Crippen LogP contribution in [0.1, 0.15) is 5.56 Å². The fourth-order valence-corrected chi connectivity index (χ4v) is 4.13. The summed E-state index contributed by atoms with van der Waals surface area (Å²) >= 11 is 0. The summed E-state index contributed by atoms with van der Waals surface area (Å²) in [5.41, 5.74) is -0.574. The Hall–Kier alpha value is -3.45. The lowest BCUT2D eigenvalue weighted by atomic mass is 10.2. The molecule has 0 aliphatic carbocycles. The number of nitro groups is 2. The molecule has 0 heterocycles. The average molecular weight is 633 g/mol. The predicted octanol–water partition coefficient (Wildman–Crippen LogP) is 2.69. The van der Waals surface area contributed by atoms with Crippen molar-refractivity contribution in [3.63, 3.8) is 0 Å². The summed E-state index contributed by atoms with van der Waals surface area (Å²) in [6, 6.07) is 8.12. The molecule has 0 radical (unpaired) electrons. The number of nitrogens with zero attached hydrogens (tertiary/aromatic N) is 2. The molecule has 240 valence electrons. The van der Waals surface area contributed by atoms with E-state index in [1.54, 1.807) is 19.2 Å². The Morgan fingerprint density at radius 1 is 0.628 bits per heavy atom. The van der Waals surface area contributed by atoms with Gasteiger partial charge >= 0.3 is 11.4 Å². The zero-order valence-corrected chi connectivity index (χ0v) is 24.8. The smallest absolute Gasteiger partial charge is 0.350 e. The van der Waals surface area contributed by atoms with Gasteiger partial charge < -0.3 is 33.2 Å². The number of nitro benzene ring substituents is 2. The molecule has 2 aromatic rings. The summed E-state index contributed by atoms with van der Waals surface area (Å²) in [6.45, 7) is 3.61. The van der Waals surface area contributed by atoms with E-state index in [0.29, 0.717) is 19.8 Å². The van der Waals surface area contributed by atoms with Crippen molar-refractivity contribution in [3.8, 4) is 11.5 Å². The molecule has 0 aromatic heterocycles. The first kappa shape index (κ1) is 35.7. The van der Waals surface area contributed by atoms with E-state index in [1.807, 2.05) is 6.92 Å². The van der Waals surface area contributed by atoms with Gasteiger partial charge in [-0.3, -0.25) is 24.4 Å². The van der Waals surface area contributed by atoms with Crippen molar-refractivity contribution in [3.05, 3.63) is 62.2 Å². The number of methoxy groups -OCH3 is 1. The summed E-state index contributed by atoms with van der Waals surface area (Å²) < 4.78 is 66.5. The molecule has 0 amide bonds. The van der Waals surface area contributed by atoms with Gasteiger partial charge in [0.2, 0.25) is 0 Å². The lowest BCUT2D eigenvalue weighted by Crippen LogP contribution is -2.15. The molecule has 0 bridgehead atoms. The number of ether oxygens (including phenoxy) is 7. The monoisotopic (exact) mass is 632 g/mol. The molecule has 0 saturated heterocycles. The minimum atomic E-state index is -3.88. The molecule has 0 atom stereocenters. The van der Waals surface area contributed by atoms with Crippen molar-refractivity contribution in [2.45, 2.75) is 11.8 Å². The molecular formula is C26H36N2O14S. The van der Waals surface area contributed by atoms with Crippen molar-refractivity contribution in [2.24, 2.45) is 0 Å². The second-order valence-electron chi connectivity index (χ2n) is 8.53. The second-order valence-corrected chi connectivity index (χ2v) is 10.1. The molecule has 43 heavy (non-hydrogen) atoms. The van der Waals surface area contributed by atoms with Crippen LogP contribution in [-0.2, 0) is 38.0 Å². The van der Waals surface area contributed by atoms with E-state index in [2.05, 4.69) is 0 Å². The number of hydrogen-bond donors (Lipinski definition) is 0. The first-order chi connectivity index (χ1) is 20.7. The van der Waals surface area contributed by atoms with Crippen LogP contribution in [0.3, 0.4) is 0 Å². The van der Waals surface area contributed by atoms with Crippen molar-refractivity contribution < 1.29 is 55.6 Å². The third-order valence-corrected chi connectivity index (χ3v) is 6.68. The van der Waals surface area contributed by atoms with Gasteiger partial charge in [0.15, 0.2) is 11.5 Å². The fraction of sp³-hybridized carbons (Fsp3) is 0.538. The van der Waals surface area contributed by atoms with Gasteiger partial charge in [0, 0.05) is 7.11 Å². The van der Waals surface area contributed by atoms with Crippen LogP contribution in [0.4, 0.5) is 11.4 Å². The summed E-state index contributed by atoms with van der Waals surface area (Å²) in [4.78, 5) is 21.0. The van der Waals surface area contributed by atoms with Gasteiger partial charge in [0.05, 0.1) is 92.9 Å². The standard InChI is InChI=1S/C26H36N2O14S/c1-21-3-5-22(6-4-21)43(33,34)42-18-15-39-12-11-38-14-17-41-26-20-24(28(31)32)23(27(29)30)19-25(26)40-16-13-37-10-9-36-8-7-35-2/h3-6,19-20H,7-18H2,1-2H3. The SMILES string of the molecule is COCCOCCOCCOc1cc([N+](=O)[O-])c([N+](=O)[O-])cc1OCCOCCOCCOS(=O)(=O)c1ccc(C)cc1. The zero-order valence-electron chi connectivity index (χ0n) is 24.0. The quantitative estimate of drug-likeness (QED) is 0.0709. The maximum absolute atomic E-state index is 12.1. The average Bonchev–Trinajstić information content (AvgIpc) is 2.97. The first-order valence-corrected chi connectivity index (χ1v) is 14.5. The first-order valence-electron chi connectivity index (χ1n) is 13.1. The summed E-state index contributed by atoms with van der Waals surface area (Å²) in [7, 11) is -2.31. The van der Waals surface area contributed by atoms with Crippen LogP contribution in [0.15, 0.2) is 41.3 Å². The van der Waals surface area contributed by atoms with Crippen LogP contribution >= 0.6 is 0 Å². The van der Waals surface area contributed by atoms with Crippen LogP contribution in [0.25, 0.3) is 0 Å². The Labute approximate surface area is 249 Å². The molecule has 0 saturated carbocycles. The van der Waals surface area contributed by atoms with E-state index < -0.39 is 31.3 Å². The van der Waals surface area contributed by atoms with Crippen LogP contribution in [0.2, 0.25) is 0 Å². The molecule has 16 nitrogen and oxygen atoms in total. The van der Waals surface area contributed by atoms with E-state index in [9.17, 15) is 28.6 Å². The van der Waals surface area contributed by atoms with Gasteiger partial charge in [-0.1, -0.05) is 17.7 Å². The molecule has 0 aliphatic heterocycles. The zero-order chi connectivity index (χ0) is 31.5. The third kappa shape index (κ3) is 13.6. The van der Waals surface area contributed by atoms with Gasteiger partial charge in [-0.15, -0.1) is 0 Å². The number of aryl methyl sites for hydroxylation is 1. The van der Waals surface area contributed by atoms with Gasteiger partial charge in [-0.25, -0.2) is 0 Å². The lowest BCUT2D eigenvalue weighted by Gasteiger charge is -2.13. The van der Waals surface area contributed by atoms with Crippen LogP contribution < -0.4 is 9.47 Å². The number of hydrogen-bond acceptors (Lipinski definition) is 14. The fourth-order valence-electron chi connectivity index (χ4n) is 3.24. The summed E-state index contributed by atoms with van der Waals surface area (Å²) in [5.74, 6) is -0.145. The van der Waals surface area contributed by atoms with Crippen molar-refractivity contribution in [1.29, 1.82) is 0 Å². The van der Waals surface area contributed by atoms with E-state index in [-0.39, 0.29) is 75.9 Å². The van der Waals surface area contributed by atoms with Gasteiger partial charge in [0.1, 0.15) is 13.2 Å². The van der Waals surface area contributed by atoms with Gasteiger partial charge in [0.25, 0.3) is 10.1 Å². The Bertz CT molecular complexity index is 1240. The highest BCUT2D eigenvalue weighted by Crippen LogP contribution is 2.39. The van der Waals surface area contributed by atoms with E-state index >= 15 is 0 Å². The number of rotatable bonds is 24. The van der Waals surface area contributed by atoms with Crippen LogP contribution in [-0.4, -0.2) is 105 Å². The predicted molar refractivity (Wildman–Crippen MR) is 150 cm³/mol. The van der Waals surface area contributed by atoms with Gasteiger partial charge in [-0.05, 0) is 19.1 Å². The Morgan fingerprint density at radius 2 is 1.02 bits per heavy atom. The minimum absolute atomic E-state index is 0.00668. The maximum atomic E-state index is 12.1. The van der Waals surface area contributed by atoms with Crippen LogP contribution in [0.5, 0.6) is 11.5 Å². The summed E-state index contributed by atoms with van der Waals surface area (Å²) in [6.07, 6.45) is 0. The molecule has 0 fully saturated rings. The Balaban J connectivity index is 1.73. The molecule has 0 unspecified atom stereocenters. The highest BCUT2D eigenvalue weighted by atomic mass is 32.2.